The molecule has 0 aromatic heterocycles. The number of carbonyl (C=O) groups excluding carboxylic acids is 4. The molecule has 5 nitrogen and oxygen atoms in total. The first-order valence-electron chi connectivity index (χ1n) is 8.03. The lowest BCUT2D eigenvalue weighted by molar-refractivity contribution is -0.149. The van der Waals surface area contributed by atoms with Gasteiger partial charge >= 0.3 is 5.97 Å². The maximum Gasteiger partial charge on any atom is 0.305 e. The van der Waals surface area contributed by atoms with Crippen LogP contribution in [0.25, 0.3) is 0 Å². The van der Waals surface area contributed by atoms with Crippen molar-refractivity contribution < 1.29 is 23.9 Å². The summed E-state index contributed by atoms with van der Waals surface area (Å²) in [5, 5.41) is 0. The summed E-state index contributed by atoms with van der Waals surface area (Å²) in [5.41, 5.74) is 0. The van der Waals surface area contributed by atoms with Crippen LogP contribution in [0.1, 0.15) is 72.6 Å². The van der Waals surface area contributed by atoms with Crippen molar-refractivity contribution in [2.75, 3.05) is 0 Å². The van der Waals surface area contributed by atoms with Crippen LogP contribution in [0.2, 0.25) is 0 Å². The second kappa shape index (κ2) is 11.1. The highest BCUT2D eigenvalue weighted by molar-refractivity contribution is 6.00. The fraction of sp³-hybridized carbons (Fsp3) is 0.765. The molecule has 0 aliphatic carbocycles. The third kappa shape index (κ3) is 9.42. The van der Waals surface area contributed by atoms with Gasteiger partial charge in [0.15, 0.2) is 0 Å². The van der Waals surface area contributed by atoms with Crippen LogP contribution in [0.3, 0.4) is 0 Å². The minimum Gasteiger partial charge on any atom is -0.462 e. The van der Waals surface area contributed by atoms with Gasteiger partial charge in [-0.15, -0.1) is 0 Å². The summed E-state index contributed by atoms with van der Waals surface area (Å²) in [6, 6.07) is 0. The Balaban J connectivity index is 4.04. The minimum atomic E-state index is -0.406. The molecule has 22 heavy (non-hydrogen) atoms. The highest BCUT2D eigenvalue weighted by atomic mass is 16.5. The molecule has 2 atom stereocenters. The van der Waals surface area contributed by atoms with E-state index in [9.17, 15) is 19.2 Å². The number of carbonyl (C=O) groups is 4. The van der Waals surface area contributed by atoms with Gasteiger partial charge in [-0.05, 0) is 26.2 Å². The monoisotopic (exact) mass is 312 g/mol. The second-order valence-corrected chi connectivity index (χ2v) is 5.75. The Morgan fingerprint density at radius 1 is 1.09 bits per heavy atom. The van der Waals surface area contributed by atoms with Crippen LogP contribution in [0.5, 0.6) is 0 Å². The van der Waals surface area contributed by atoms with E-state index >= 15 is 0 Å². The van der Waals surface area contributed by atoms with E-state index in [1.807, 2.05) is 6.92 Å². The van der Waals surface area contributed by atoms with Crippen molar-refractivity contribution in [2.24, 2.45) is 5.92 Å². The SMILES string of the molecule is CCC(=O)OC(CC)CCCC(=O)CC(C)C(=O)CC(C)=O. The molecular weight excluding hydrogens is 284 g/mol. The van der Waals surface area contributed by atoms with Crippen molar-refractivity contribution in [3.63, 3.8) is 0 Å². The van der Waals surface area contributed by atoms with Crippen molar-refractivity contribution in [1.29, 1.82) is 0 Å². The highest BCUT2D eigenvalue weighted by Crippen LogP contribution is 2.14. The molecule has 0 aliphatic heterocycles. The van der Waals surface area contributed by atoms with Crippen LogP contribution >= 0.6 is 0 Å². The first-order chi connectivity index (χ1) is 10.3. The normalized spacial score (nSPS) is 13.3. The van der Waals surface area contributed by atoms with Gasteiger partial charge in [-0.25, -0.2) is 0 Å². The number of rotatable bonds is 12. The Labute approximate surface area is 132 Å². The van der Waals surface area contributed by atoms with Gasteiger partial charge in [-0.2, -0.15) is 0 Å². The zero-order valence-corrected chi connectivity index (χ0v) is 14.1. The van der Waals surface area contributed by atoms with Crippen LogP contribution in [-0.2, 0) is 23.9 Å². The fourth-order valence-corrected chi connectivity index (χ4v) is 2.12. The summed E-state index contributed by atoms with van der Waals surface area (Å²) in [4.78, 5) is 45.6. The lowest BCUT2D eigenvalue weighted by atomic mass is 9.94. The van der Waals surface area contributed by atoms with E-state index in [1.165, 1.54) is 6.92 Å². The molecule has 0 aromatic rings. The topological polar surface area (TPSA) is 77.5 Å². The summed E-state index contributed by atoms with van der Waals surface area (Å²) in [7, 11) is 0. The summed E-state index contributed by atoms with van der Waals surface area (Å²) in [6.45, 7) is 6.74. The maximum atomic E-state index is 11.8. The van der Waals surface area contributed by atoms with E-state index in [2.05, 4.69) is 0 Å². The summed E-state index contributed by atoms with van der Waals surface area (Å²) in [6.07, 6.45) is 2.69. The minimum absolute atomic E-state index is 0.0149. The largest absolute Gasteiger partial charge is 0.462 e. The van der Waals surface area contributed by atoms with Crippen LogP contribution in [0, 0.1) is 5.92 Å². The molecule has 0 radical (unpaired) electrons. The molecular formula is C17H28O5. The number of esters is 1. The van der Waals surface area contributed by atoms with Gasteiger partial charge in [-0.1, -0.05) is 20.8 Å². The zero-order valence-electron chi connectivity index (χ0n) is 14.1. The lowest BCUT2D eigenvalue weighted by Crippen LogP contribution is -2.19. The van der Waals surface area contributed by atoms with E-state index in [0.717, 1.165) is 6.42 Å². The number of ketones is 3. The van der Waals surface area contributed by atoms with E-state index in [4.69, 9.17) is 4.74 Å². The third-order valence-corrected chi connectivity index (χ3v) is 3.53. The van der Waals surface area contributed by atoms with Crippen LogP contribution in [0.15, 0.2) is 0 Å². The highest BCUT2D eigenvalue weighted by Gasteiger charge is 2.18. The summed E-state index contributed by atoms with van der Waals surface area (Å²) in [5.74, 6) is -0.962. The predicted molar refractivity (Wildman–Crippen MR) is 83.4 cm³/mol. The van der Waals surface area contributed by atoms with Gasteiger partial charge in [0.05, 0.1) is 6.42 Å². The first kappa shape index (κ1) is 20.5. The Morgan fingerprint density at radius 3 is 2.23 bits per heavy atom. The smallest absolute Gasteiger partial charge is 0.305 e. The van der Waals surface area contributed by atoms with Crippen molar-refractivity contribution in [3.8, 4) is 0 Å². The summed E-state index contributed by atoms with van der Waals surface area (Å²) < 4.78 is 5.25. The molecule has 0 heterocycles. The maximum absolute atomic E-state index is 11.8. The van der Waals surface area contributed by atoms with Gasteiger partial charge in [0.1, 0.15) is 23.5 Å². The molecule has 0 aliphatic rings. The van der Waals surface area contributed by atoms with E-state index in [1.54, 1.807) is 13.8 Å². The van der Waals surface area contributed by atoms with Crippen molar-refractivity contribution in [2.45, 2.75) is 78.7 Å². The Bertz CT molecular complexity index is 400. The van der Waals surface area contributed by atoms with E-state index < -0.39 is 5.92 Å². The van der Waals surface area contributed by atoms with E-state index in [0.29, 0.717) is 25.7 Å². The van der Waals surface area contributed by atoms with Crippen LogP contribution < -0.4 is 0 Å². The Kier molecular flexibility index (Phi) is 10.3. The molecule has 0 fully saturated rings. The Hall–Kier alpha value is -1.52. The van der Waals surface area contributed by atoms with Crippen molar-refractivity contribution in [1.82, 2.24) is 0 Å². The Morgan fingerprint density at radius 2 is 1.73 bits per heavy atom. The number of hydrogen-bond donors (Lipinski definition) is 0. The molecule has 0 bridgehead atoms. The molecule has 5 heteroatoms. The van der Waals surface area contributed by atoms with Crippen LogP contribution in [-0.4, -0.2) is 29.4 Å². The molecule has 0 saturated carbocycles. The molecule has 0 spiro atoms. The molecule has 0 rings (SSSR count). The standard InChI is InChI=1S/C17H28O5/c1-5-15(22-17(21)6-2)9-7-8-14(19)10-12(3)16(20)11-13(4)18/h12,15H,5-11H2,1-4H3. The lowest BCUT2D eigenvalue weighted by Gasteiger charge is -2.15. The van der Waals surface area contributed by atoms with Gasteiger partial charge in [-0.3, -0.25) is 19.2 Å². The fourth-order valence-electron chi connectivity index (χ4n) is 2.12. The van der Waals surface area contributed by atoms with Gasteiger partial charge in [0.25, 0.3) is 0 Å². The van der Waals surface area contributed by atoms with Gasteiger partial charge < -0.3 is 4.74 Å². The first-order valence-corrected chi connectivity index (χ1v) is 8.03. The quantitative estimate of drug-likeness (QED) is 0.409. The molecule has 0 amide bonds. The average molecular weight is 312 g/mol. The molecule has 0 saturated heterocycles. The molecule has 0 aromatic carbocycles. The van der Waals surface area contributed by atoms with E-state index in [-0.39, 0.29) is 42.3 Å². The van der Waals surface area contributed by atoms with Crippen molar-refractivity contribution >= 4 is 23.3 Å². The zero-order chi connectivity index (χ0) is 17.1. The van der Waals surface area contributed by atoms with Gasteiger partial charge in [0, 0.05) is 25.2 Å². The predicted octanol–water partition coefficient (Wildman–Crippen LogP) is 3.03. The molecule has 126 valence electrons. The summed E-state index contributed by atoms with van der Waals surface area (Å²) >= 11 is 0. The van der Waals surface area contributed by atoms with Crippen molar-refractivity contribution in [3.05, 3.63) is 0 Å². The van der Waals surface area contributed by atoms with Crippen LogP contribution in [0.4, 0.5) is 0 Å². The third-order valence-electron chi connectivity index (χ3n) is 3.53. The molecule has 2 unspecified atom stereocenters. The van der Waals surface area contributed by atoms with Gasteiger partial charge in [0.2, 0.25) is 0 Å². The number of ether oxygens (including phenoxy) is 1. The number of Topliss-reactive ketones (excluding diaryl/α,β-unsaturated/α-hetero) is 3. The average Bonchev–Trinajstić information content (AvgIpc) is 2.44. The number of hydrogen-bond acceptors (Lipinski definition) is 5. The second-order valence-electron chi connectivity index (χ2n) is 5.75. The molecule has 0 N–H and O–H groups in total.